The summed E-state index contributed by atoms with van der Waals surface area (Å²) in [5, 5.41) is 10.3. The molecule has 2 heterocycles. The Balaban J connectivity index is 1.99. The number of aromatic nitrogens is 2. The summed E-state index contributed by atoms with van der Waals surface area (Å²) in [6.45, 7) is 4.51. The second kappa shape index (κ2) is 4.96. The first kappa shape index (κ1) is 13.8. The van der Waals surface area contributed by atoms with Crippen LogP contribution in [0, 0.1) is 0 Å². The maximum atomic E-state index is 12.5. The van der Waals surface area contributed by atoms with Gasteiger partial charge in [-0.25, -0.2) is 5.10 Å². The van der Waals surface area contributed by atoms with Gasteiger partial charge in [-0.3, -0.25) is 9.59 Å². The Kier molecular flexibility index (Phi) is 3.25. The Bertz CT molecular complexity index is 755. The van der Waals surface area contributed by atoms with Crippen molar-refractivity contribution in [3.63, 3.8) is 0 Å². The van der Waals surface area contributed by atoms with Crippen LogP contribution in [0.5, 0.6) is 0 Å². The van der Waals surface area contributed by atoms with Gasteiger partial charge in [-0.05, 0) is 26.3 Å². The first-order valence-corrected chi connectivity index (χ1v) is 6.93. The van der Waals surface area contributed by atoms with Gasteiger partial charge >= 0.3 is 0 Å². The van der Waals surface area contributed by atoms with Crippen molar-refractivity contribution in [2.24, 2.45) is 0 Å². The number of nitrogens with one attached hydrogen (secondary N) is 2. The lowest BCUT2D eigenvalue weighted by Crippen LogP contribution is -2.51. The minimum atomic E-state index is -0.421. The average molecular weight is 287 g/mol. The van der Waals surface area contributed by atoms with Gasteiger partial charge in [-0.1, -0.05) is 18.2 Å². The Morgan fingerprint density at radius 1 is 1.43 bits per heavy atom. The molecule has 0 spiro atoms. The highest BCUT2D eigenvalue weighted by Crippen LogP contribution is 2.25. The first-order chi connectivity index (χ1) is 10.0. The van der Waals surface area contributed by atoms with E-state index in [0.717, 1.165) is 6.42 Å². The summed E-state index contributed by atoms with van der Waals surface area (Å²) in [4.78, 5) is 24.3. The lowest BCUT2D eigenvalue weighted by molar-refractivity contribution is 0.0724. The molecule has 2 N–H and O–H groups in total. The number of carbonyl (C=O) groups is 1. The van der Waals surface area contributed by atoms with E-state index in [0.29, 0.717) is 17.4 Å². The lowest BCUT2D eigenvalue weighted by Gasteiger charge is -2.28. The predicted molar refractivity (Wildman–Crippen MR) is 78.3 cm³/mol. The number of nitrogens with zero attached hydrogens (tertiary/aromatic N) is 1. The molecule has 6 nitrogen and oxygen atoms in total. The molecule has 2 unspecified atom stereocenters. The van der Waals surface area contributed by atoms with Crippen molar-refractivity contribution < 1.29 is 9.53 Å². The molecule has 6 heteroatoms. The SMILES string of the molecule is CC1OCCC1(C)NC(=O)c1n[nH]c(=O)c2ccccc12. The minimum absolute atomic E-state index is 0.0597. The second-order valence-corrected chi connectivity index (χ2v) is 5.58. The number of H-pyrrole nitrogens is 1. The maximum Gasteiger partial charge on any atom is 0.272 e. The van der Waals surface area contributed by atoms with Crippen LogP contribution in [0.25, 0.3) is 10.8 Å². The molecule has 21 heavy (non-hydrogen) atoms. The normalized spacial score (nSPS) is 25.1. The zero-order valence-corrected chi connectivity index (χ0v) is 12.0. The van der Waals surface area contributed by atoms with E-state index in [1.54, 1.807) is 24.3 Å². The molecule has 0 bridgehead atoms. The van der Waals surface area contributed by atoms with Crippen LogP contribution < -0.4 is 10.9 Å². The number of rotatable bonds is 2. The highest BCUT2D eigenvalue weighted by Gasteiger charge is 2.38. The standard InChI is InChI=1S/C15H17N3O3/c1-9-15(2,7-8-21-9)16-14(20)12-10-5-3-4-6-11(10)13(19)18-17-12/h3-6,9H,7-8H2,1-2H3,(H,16,20)(H,18,19). The maximum absolute atomic E-state index is 12.5. The molecule has 1 saturated heterocycles. The topological polar surface area (TPSA) is 84.1 Å². The molecule has 1 aromatic heterocycles. The fourth-order valence-electron chi connectivity index (χ4n) is 2.61. The van der Waals surface area contributed by atoms with Crippen LogP contribution in [-0.4, -0.2) is 34.4 Å². The molecule has 0 radical (unpaired) electrons. The Morgan fingerprint density at radius 2 is 2.14 bits per heavy atom. The smallest absolute Gasteiger partial charge is 0.272 e. The van der Waals surface area contributed by atoms with E-state index in [-0.39, 0.29) is 23.3 Å². The number of amides is 1. The van der Waals surface area contributed by atoms with E-state index >= 15 is 0 Å². The number of fused-ring (bicyclic) bond motifs is 1. The molecule has 1 aliphatic rings. The van der Waals surface area contributed by atoms with Crippen molar-refractivity contribution in [1.82, 2.24) is 15.5 Å². The van der Waals surface area contributed by atoms with Gasteiger partial charge in [0.25, 0.3) is 11.5 Å². The Hall–Kier alpha value is -2.21. The van der Waals surface area contributed by atoms with Gasteiger partial charge in [0, 0.05) is 12.0 Å². The fraction of sp³-hybridized carbons (Fsp3) is 0.400. The molecule has 0 aliphatic carbocycles. The summed E-state index contributed by atoms with van der Waals surface area (Å²) in [5.41, 5.74) is -0.493. The molecule has 2 atom stereocenters. The zero-order valence-electron chi connectivity index (χ0n) is 12.0. The number of hydrogen-bond donors (Lipinski definition) is 2. The Labute approximate surface area is 121 Å². The van der Waals surface area contributed by atoms with Crippen LogP contribution in [0.3, 0.4) is 0 Å². The van der Waals surface area contributed by atoms with Crippen LogP contribution in [0.2, 0.25) is 0 Å². The molecule has 2 aromatic rings. The van der Waals surface area contributed by atoms with Crippen LogP contribution in [0.4, 0.5) is 0 Å². The minimum Gasteiger partial charge on any atom is -0.376 e. The van der Waals surface area contributed by atoms with Gasteiger partial charge in [0.1, 0.15) is 0 Å². The van der Waals surface area contributed by atoms with E-state index in [2.05, 4.69) is 15.5 Å². The molecule has 0 saturated carbocycles. The van der Waals surface area contributed by atoms with E-state index in [1.165, 1.54) is 0 Å². The Morgan fingerprint density at radius 3 is 2.81 bits per heavy atom. The number of aromatic amines is 1. The van der Waals surface area contributed by atoms with E-state index in [4.69, 9.17) is 4.74 Å². The molecule has 3 rings (SSSR count). The average Bonchev–Trinajstić information content (AvgIpc) is 2.79. The second-order valence-electron chi connectivity index (χ2n) is 5.58. The van der Waals surface area contributed by atoms with Crippen molar-refractivity contribution in [3.8, 4) is 0 Å². The van der Waals surface area contributed by atoms with E-state index in [1.807, 2.05) is 13.8 Å². The number of carbonyl (C=O) groups excluding carboxylic acids is 1. The van der Waals surface area contributed by atoms with Crippen molar-refractivity contribution in [2.75, 3.05) is 6.61 Å². The first-order valence-electron chi connectivity index (χ1n) is 6.93. The summed E-state index contributed by atoms with van der Waals surface area (Å²) in [6, 6.07) is 6.94. The van der Waals surface area contributed by atoms with Crippen LogP contribution in [0.1, 0.15) is 30.8 Å². The molecular formula is C15H17N3O3. The third-order valence-corrected chi connectivity index (χ3v) is 4.20. The van der Waals surface area contributed by atoms with Gasteiger partial charge in [-0.2, -0.15) is 5.10 Å². The van der Waals surface area contributed by atoms with Gasteiger partial charge in [0.15, 0.2) is 5.69 Å². The van der Waals surface area contributed by atoms with Gasteiger partial charge < -0.3 is 10.1 Å². The lowest BCUT2D eigenvalue weighted by atomic mass is 9.94. The molecule has 1 fully saturated rings. The van der Waals surface area contributed by atoms with Crippen molar-refractivity contribution >= 4 is 16.7 Å². The number of ether oxygens (including phenoxy) is 1. The van der Waals surface area contributed by atoms with Gasteiger partial charge in [0.05, 0.1) is 17.0 Å². The third kappa shape index (κ3) is 2.31. The monoisotopic (exact) mass is 287 g/mol. The summed E-state index contributed by atoms with van der Waals surface area (Å²) in [6.07, 6.45) is 0.691. The zero-order chi connectivity index (χ0) is 15.0. The van der Waals surface area contributed by atoms with E-state index < -0.39 is 5.54 Å². The summed E-state index contributed by atoms with van der Waals surface area (Å²) in [5.74, 6) is -0.303. The summed E-state index contributed by atoms with van der Waals surface area (Å²) < 4.78 is 5.52. The molecule has 1 amide bonds. The van der Waals surface area contributed by atoms with E-state index in [9.17, 15) is 9.59 Å². The largest absolute Gasteiger partial charge is 0.376 e. The van der Waals surface area contributed by atoms with Crippen molar-refractivity contribution in [3.05, 3.63) is 40.3 Å². The van der Waals surface area contributed by atoms with Crippen LogP contribution in [-0.2, 0) is 4.74 Å². The molecule has 1 aliphatic heterocycles. The highest BCUT2D eigenvalue weighted by atomic mass is 16.5. The number of benzene rings is 1. The van der Waals surface area contributed by atoms with Gasteiger partial charge in [-0.15, -0.1) is 0 Å². The third-order valence-electron chi connectivity index (χ3n) is 4.20. The van der Waals surface area contributed by atoms with Gasteiger partial charge in [0.2, 0.25) is 0 Å². The fourth-order valence-corrected chi connectivity index (χ4v) is 2.61. The van der Waals surface area contributed by atoms with Crippen molar-refractivity contribution in [2.45, 2.75) is 31.9 Å². The predicted octanol–water partition coefficient (Wildman–Crippen LogP) is 1.22. The highest BCUT2D eigenvalue weighted by molar-refractivity contribution is 6.05. The van der Waals surface area contributed by atoms with Crippen LogP contribution >= 0.6 is 0 Å². The summed E-state index contributed by atoms with van der Waals surface area (Å²) in [7, 11) is 0. The molecular weight excluding hydrogens is 270 g/mol. The van der Waals surface area contributed by atoms with Crippen LogP contribution in [0.15, 0.2) is 29.1 Å². The molecule has 1 aromatic carbocycles. The molecule has 110 valence electrons. The summed E-state index contributed by atoms with van der Waals surface area (Å²) >= 11 is 0. The quantitative estimate of drug-likeness (QED) is 0.870. The number of hydrogen-bond acceptors (Lipinski definition) is 4. The van der Waals surface area contributed by atoms with Crippen molar-refractivity contribution in [1.29, 1.82) is 0 Å².